The van der Waals surface area contributed by atoms with Crippen molar-refractivity contribution in [1.82, 2.24) is 10.2 Å². The van der Waals surface area contributed by atoms with Crippen molar-refractivity contribution in [2.75, 3.05) is 19.6 Å². The monoisotopic (exact) mass is 236 g/mol. The highest BCUT2D eigenvalue weighted by Crippen LogP contribution is 2.36. The van der Waals surface area contributed by atoms with E-state index in [2.05, 4.69) is 24.1 Å². The lowest BCUT2D eigenvalue weighted by atomic mass is 9.77. The zero-order chi connectivity index (χ0) is 11.8. The van der Waals surface area contributed by atoms with Gasteiger partial charge in [0.05, 0.1) is 0 Å². The Morgan fingerprint density at radius 1 is 1.00 bits per heavy atom. The molecule has 2 heteroatoms. The Bertz CT molecular complexity index is 252. The predicted octanol–water partition coefficient (Wildman–Crippen LogP) is 2.49. The Balaban J connectivity index is 1.64. The Hall–Kier alpha value is -0.0800. The molecule has 1 aliphatic carbocycles. The predicted molar refractivity (Wildman–Crippen MR) is 72.1 cm³/mol. The largest absolute Gasteiger partial charge is 0.312 e. The highest BCUT2D eigenvalue weighted by molar-refractivity contribution is 4.96. The summed E-state index contributed by atoms with van der Waals surface area (Å²) in [5, 5.41) is 3.73. The first kappa shape index (κ1) is 12.0. The van der Waals surface area contributed by atoms with Crippen LogP contribution in [0.3, 0.4) is 0 Å². The Morgan fingerprint density at radius 2 is 1.88 bits per heavy atom. The number of rotatable bonds is 1. The third kappa shape index (κ3) is 2.26. The molecule has 98 valence electrons. The molecule has 17 heavy (non-hydrogen) atoms. The molecule has 3 aliphatic rings. The molecular weight excluding hydrogens is 208 g/mol. The first-order chi connectivity index (χ1) is 8.25. The van der Waals surface area contributed by atoms with Gasteiger partial charge >= 0.3 is 0 Å². The molecule has 0 aromatic rings. The van der Waals surface area contributed by atoms with Crippen molar-refractivity contribution in [1.29, 1.82) is 0 Å². The van der Waals surface area contributed by atoms with Gasteiger partial charge in [-0.05, 0) is 43.6 Å². The van der Waals surface area contributed by atoms with Gasteiger partial charge in [0.2, 0.25) is 0 Å². The number of likely N-dealkylation sites (tertiary alicyclic amines) is 1. The molecule has 2 nitrogen and oxygen atoms in total. The molecule has 2 saturated heterocycles. The number of piperidine rings is 1. The van der Waals surface area contributed by atoms with Crippen LogP contribution in [0.5, 0.6) is 0 Å². The van der Waals surface area contributed by atoms with Gasteiger partial charge in [-0.15, -0.1) is 0 Å². The minimum absolute atomic E-state index is 0.813. The van der Waals surface area contributed by atoms with Crippen LogP contribution in [-0.4, -0.2) is 36.6 Å². The summed E-state index contributed by atoms with van der Waals surface area (Å²) in [6.45, 7) is 8.90. The maximum absolute atomic E-state index is 3.73. The van der Waals surface area contributed by atoms with Gasteiger partial charge in [0.1, 0.15) is 0 Å². The van der Waals surface area contributed by atoms with E-state index in [4.69, 9.17) is 0 Å². The van der Waals surface area contributed by atoms with E-state index in [0.717, 1.165) is 29.8 Å². The van der Waals surface area contributed by atoms with E-state index >= 15 is 0 Å². The van der Waals surface area contributed by atoms with E-state index in [1.165, 1.54) is 51.7 Å². The minimum atomic E-state index is 0.813. The zero-order valence-electron chi connectivity index (χ0n) is 11.5. The first-order valence-corrected chi connectivity index (χ1v) is 7.73. The summed E-state index contributed by atoms with van der Waals surface area (Å²) in [6, 6.07) is 1.69. The maximum atomic E-state index is 3.73. The summed E-state index contributed by atoms with van der Waals surface area (Å²) in [4.78, 5) is 2.83. The average molecular weight is 236 g/mol. The van der Waals surface area contributed by atoms with Crippen molar-refractivity contribution in [2.24, 2.45) is 17.8 Å². The van der Waals surface area contributed by atoms with E-state index in [-0.39, 0.29) is 0 Å². The van der Waals surface area contributed by atoms with Crippen LogP contribution in [0.15, 0.2) is 0 Å². The number of nitrogens with one attached hydrogen (secondary N) is 1. The molecule has 1 N–H and O–H groups in total. The number of hydrogen-bond acceptors (Lipinski definition) is 2. The quantitative estimate of drug-likeness (QED) is 0.752. The van der Waals surface area contributed by atoms with Gasteiger partial charge < -0.3 is 5.32 Å². The summed E-state index contributed by atoms with van der Waals surface area (Å²) in [5.41, 5.74) is 0. The number of hydrogen-bond donors (Lipinski definition) is 1. The second-order valence-corrected chi connectivity index (χ2v) is 6.75. The van der Waals surface area contributed by atoms with Gasteiger partial charge in [-0.3, -0.25) is 4.90 Å². The van der Waals surface area contributed by atoms with Crippen LogP contribution in [-0.2, 0) is 0 Å². The van der Waals surface area contributed by atoms with E-state index in [0.29, 0.717) is 0 Å². The van der Waals surface area contributed by atoms with E-state index in [1.54, 1.807) is 0 Å². The molecule has 0 radical (unpaired) electrons. The van der Waals surface area contributed by atoms with Gasteiger partial charge in [-0.1, -0.05) is 26.7 Å². The molecule has 0 amide bonds. The molecule has 0 bridgehead atoms. The van der Waals surface area contributed by atoms with Crippen molar-refractivity contribution < 1.29 is 0 Å². The third-order valence-electron chi connectivity index (χ3n) is 5.76. The SMILES string of the molecule is CC1CCCC(N2C[C@@H]3CCCN[C@@H]3C2)C1C. The molecule has 3 fully saturated rings. The molecule has 2 heterocycles. The molecule has 0 aromatic heterocycles. The second-order valence-electron chi connectivity index (χ2n) is 6.75. The minimum Gasteiger partial charge on any atom is -0.312 e. The lowest BCUT2D eigenvalue weighted by Gasteiger charge is -2.40. The van der Waals surface area contributed by atoms with Crippen molar-refractivity contribution >= 4 is 0 Å². The van der Waals surface area contributed by atoms with Gasteiger partial charge in [0, 0.05) is 25.2 Å². The van der Waals surface area contributed by atoms with E-state index in [1.807, 2.05) is 0 Å². The molecular formula is C15H28N2. The van der Waals surface area contributed by atoms with Crippen molar-refractivity contribution in [3.05, 3.63) is 0 Å². The van der Waals surface area contributed by atoms with Crippen molar-refractivity contribution in [3.63, 3.8) is 0 Å². The first-order valence-electron chi connectivity index (χ1n) is 7.73. The maximum Gasteiger partial charge on any atom is 0.0235 e. The molecule has 0 aromatic carbocycles. The van der Waals surface area contributed by atoms with E-state index in [9.17, 15) is 0 Å². The fraction of sp³-hybridized carbons (Fsp3) is 1.00. The Labute approximate surface area is 106 Å². The van der Waals surface area contributed by atoms with Crippen LogP contribution in [0.2, 0.25) is 0 Å². The van der Waals surface area contributed by atoms with E-state index < -0.39 is 0 Å². The third-order valence-corrected chi connectivity index (χ3v) is 5.76. The van der Waals surface area contributed by atoms with Gasteiger partial charge in [0.15, 0.2) is 0 Å². The van der Waals surface area contributed by atoms with Gasteiger partial charge in [-0.25, -0.2) is 0 Å². The van der Waals surface area contributed by atoms with Gasteiger partial charge in [-0.2, -0.15) is 0 Å². The standard InChI is InChI=1S/C15H28N2/c1-11-5-3-7-15(12(11)2)17-9-13-6-4-8-16-14(13)10-17/h11-16H,3-10H2,1-2H3/t11?,12?,13-,14+,15?/m0/s1. The molecule has 3 unspecified atom stereocenters. The number of nitrogens with zero attached hydrogens (tertiary/aromatic N) is 1. The number of fused-ring (bicyclic) bond motifs is 1. The van der Waals surface area contributed by atoms with Crippen LogP contribution in [0, 0.1) is 17.8 Å². The van der Waals surface area contributed by atoms with Crippen LogP contribution in [0.25, 0.3) is 0 Å². The summed E-state index contributed by atoms with van der Waals surface area (Å²) in [7, 11) is 0. The van der Waals surface area contributed by atoms with Crippen molar-refractivity contribution in [2.45, 2.75) is 58.0 Å². The Morgan fingerprint density at radius 3 is 2.71 bits per heavy atom. The highest BCUT2D eigenvalue weighted by atomic mass is 15.2. The normalized spacial score (nSPS) is 48.0. The summed E-state index contributed by atoms with van der Waals surface area (Å²) in [6.07, 6.45) is 7.22. The lowest BCUT2D eigenvalue weighted by Crippen LogP contribution is -2.44. The fourth-order valence-corrected chi connectivity index (χ4v) is 4.42. The van der Waals surface area contributed by atoms with Crippen LogP contribution in [0.1, 0.15) is 46.0 Å². The van der Waals surface area contributed by atoms with Crippen LogP contribution < -0.4 is 5.32 Å². The summed E-state index contributed by atoms with van der Waals surface area (Å²) >= 11 is 0. The zero-order valence-corrected chi connectivity index (χ0v) is 11.5. The summed E-state index contributed by atoms with van der Waals surface area (Å²) in [5.74, 6) is 2.79. The Kier molecular flexibility index (Phi) is 3.45. The second kappa shape index (κ2) is 4.89. The van der Waals surface area contributed by atoms with Crippen molar-refractivity contribution in [3.8, 4) is 0 Å². The molecule has 0 spiro atoms. The van der Waals surface area contributed by atoms with Gasteiger partial charge in [0.25, 0.3) is 0 Å². The highest BCUT2D eigenvalue weighted by Gasteiger charge is 2.40. The molecule has 3 rings (SSSR count). The summed E-state index contributed by atoms with van der Waals surface area (Å²) < 4.78 is 0. The average Bonchev–Trinajstić information content (AvgIpc) is 2.76. The smallest absolute Gasteiger partial charge is 0.0235 e. The molecule has 2 aliphatic heterocycles. The van der Waals surface area contributed by atoms with Crippen LogP contribution in [0.4, 0.5) is 0 Å². The lowest BCUT2D eigenvalue weighted by molar-refractivity contribution is 0.0974. The topological polar surface area (TPSA) is 15.3 Å². The molecule has 5 atom stereocenters. The fourth-order valence-electron chi connectivity index (χ4n) is 4.42. The molecule has 1 saturated carbocycles. The van der Waals surface area contributed by atoms with Crippen LogP contribution >= 0.6 is 0 Å².